The van der Waals surface area contributed by atoms with E-state index in [2.05, 4.69) is 39.0 Å². The van der Waals surface area contributed by atoms with Crippen LogP contribution in [0.1, 0.15) is 36.6 Å². The first-order valence-electron chi connectivity index (χ1n) is 9.15. The van der Waals surface area contributed by atoms with Crippen molar-refractivity contribution >= 4 is 0 Å². The molecule has 1 atom stereocenters. The molecule has 0 amide bonds. The number of halogens is 1. The van der Waals surface area contributed by atoms with Gasteiger partial charge in [0.1, 0.15) is 6.67 Å². The summed E-state index contributed by atoms with van der Waals surface area (Å²) in [5, 5.41) is 13.0. The number of aromatic hydroxyl groups is 1. The minimum absolute atomic E-state index is 0.201. The number of nitrogens with one attached hydrogen (secondary N) is 2. The zero-order valence-corrected chi connectivity index (χ0v) is 16.1. The molecule has 6 heteroatoms. The maximum atomic E-state index is 12.4. The number of benzene rings is 1. The summed E-state index contributed by atoms with van der Waals surface area (Å²) >= 11 is 0. The van der Waals surface area contributed by atoms with Gasteiger partial charge >= 0.3 is 0 Å². The molecule has 1 heterocycles. The van der Waals surface area contributed by atoms with Gasteiger partial charge in [-0.15, -0.1) is 0 Å². The molecule has 0 spiro atoms. The minimum Gasteiger partial charge on any atom is -0.502 e. The summed E-state index contributed by atoms with van der Waals surface area (Å²) in [6.45, 7) is 4.12. The molecule has 5 nitrogen and oxygen atoms in total. The van der Waals surface area contributed by atoms with E-state index in [1.165, 1.54) is 6.33 Å². The van der Waals surface area contributed by atoms with E-state index in [4.69, 9.17) is 0 Å². The van der Waals surface area contributed by atoms with E-state index in [-0.39, 0.29) is 18.4 Å². The Balaban J connectivity index is 2.16. The molecular formula is C22H24FN3O2. The van der Waals surface area contributed by atoms with E-state index in [1.54, 1.807) is 0 Å². The average molecular weight is 381 g/mol. The third kappa shape index (κ3) is 6.57. The van der Waals surface area contributed by atoms with Crippen LogP contribution in [0.5, 0.6) is 5.75 Å². The number of alkyl halides is 1. The zero-order valence-electron chi connectivity index (χ0n) is 16.1. The van der Waals surface area contributed by atoms with E-state index in [0.29, 0.717) is 18.7 Å². The second-order valence-corrected chi connectivity index (χ2v) is 6.63. The number of hydrogen-bond donors (Lipinski definition) is 3. The Morgan fingerprint density at radius 1 is 1.25 bits per heavy atom. The molecule has 0 fully saturated rings. The Kier molecular flexibility index (Phi) is 8.27. The number of H-pyrrole nitrogens is 1. The van der Waals surface area contributed by atoms with E-state index in [9.17, 15) is 14.3 Å². The van der Waals surface area contributed by atoms with E-state index in [0.717, 1.165) is 11.1 Å². The van der Waals surface area contributed by atoms with Crippen LogP contribution in [0.2, 0.25) is 0 Å². The maximum absolute atomic E-state index is 12.4. The second kappa shape index (κ2) is 10.9. The molecule has 3 N–H and O–H groups in total. The highest BCUT2D eigenvalue weighted by molar-refractivity contribution is 5.41. The van der Waals surface area contributed by atoms with Crippen molar-refractivity contribution in [1.29, 1.82) is 0 Å². The smallest absolute Gasteiger partial charge is 0.293 e. The lowest BCUT2D eigenvalue weighted by atomic mass is 9.94. The fourth-order valence-electron chi connectivity index (χ4n) is 2.61. The highest BCUT2D eigenvalue weighted by atomic mass is 19.1. The molecule has 1 aromatic heterocycles. The average Bonchev–Trinajstić information content (AvgIpc) is 2.68. The van der Waals surface area contributed by atoms with Gasteiger partial charge in [-0.3, -0.25) is 4.79 Å². The lowest BCUT2D eigenvalue weighted by Crippen LogP contribution is -2.26. The standard InChI is InChI=1S/C22H24FN3O2/c1-16(2)5-3-4-6-17-7-9-18(10-8-17)13-19(14-24-12-11-23)20-21(27)22(28)26-15-25-20/h7-10,15-16,19,24,27H,11-14H2,1-2H3,(H,25,26,28). The number of hydrogen-bond acceptors (Lipinski definition) is 4. The molecule has 28 heavy (non-hydrogen) atoms. The highest BCUT2D eigenvalue weighted by Crippen LogP contribution is 2.23. The van der Waals surface area contributed by atoms with E-state index in [1.807, 2.05) is 38.1 Å². The van der Waals surface area contributed by atoms with Gasteiger partial charge < -0.3 is 15.4 Å². The number of aromatic amines is 1. The van der Waals surface area contributed by atoms with Crippen LogP contribution < -0.4 is 10.9 Å². The predicted molar refractivity (Wildman–Crippen MR) is 108 cm³/mol. The van der Waals surface area contributed by atoms with Gasteiger partial charge in [0, 0.05) is 30.5 Å². The van der Waals surface area contributed by atoms with Crippen molar-refractivity contribution in [2.24, 2.45) is 5.92 Å². The fraction of sp³-hybridized carbons (Fsp3) is 0.364. The molecule has 0 aliphatic carbocycles. The SMILES string of the molecule is CC(C)C#CC#Cc1ccc(CC(CNCCF)c2nc[nH]c(=O)c2O)cc1. The molecule has 0 saturated carbocycles. The quantitative estimate of drug-likeness (QED) is 0.508. The predicted octanol–water partition coefficient (Wildman–Crippen LogP) is 2.37. The third-order valence-electron chi connectivity index (χ3n) is 3.97. The first-order chi connectivity index (χ1) is 13.5. The number of rotatable bonds is 7. The Bertz CT molecular complexity index is 944. The van der Waals surface area contributed by atoms with Gasteiger partial charge in [-0.2, -0.15) is 0 Å². The molecule has 0 radical (unpaired) electrons. The van der Waals surface area contributed by atoms with Gasteiger partial charge in [-0.1, -0.05) is 37.8 Å². The Hall–Kier alpha value is -3.09. The van der Waals surface area contributed by atoms with Gasteiger partial charge in [0.05, 0.1) is 12.0 Å². The molecule has 146 valence electrons. The number of nitrogens with zero attached hydrogens (tertiary/aromatic N) is 1. The summed E-state index contributed by atoms with van der Waals surface area (Å²) in [6, 6.07) is 7.67. The topological polar surface area (TPSA) is 78.0 Å². The molecule has 2 aromatic rings. The van der Waals surface area contributed by atoms with Gasteiger partial charge in [0.15, 0.2) is 0 Å². The lowest BCUT2D eigenvalue weighted by molar-refractivity contribution is 0.429. The molecular weight excluding hydrogens is 357 g/mol. The molecule has 2 rings (SSSR count). The van der Waals surface area contributed by atoms with Crippen LogP contribution in [-0.4, -0.2) is 34.8 Å². The summed E-state index contributed by atoms with van der Waals surface area (Å²) in [5.41, 5.74) is 1.55. The first kappa shape index (κ1) is 21.2. The van der Waals surface area contributed by atoms with Crippen LogP contribution in [0.3, 0.4) is 0 Å². The lowest BCUT2D eigenvalue weighted by Gasteiger charge is -2.17. The Morgan fingerprint density at radius 3 is 2.68 bits per heavy atom. The normalized spacial score (nSPS) is 11.3. The van der Waals surface area contributed by atoms with Crippen molar-refractivity contribution in [3.05, 3.63) is 57.8 Å². The van der Waals surface area contributed by atoms with Crippen LogP contribution in [0.25, 0.3) is 0 Å². The first-order valence-corrected chi connectivity index (χ1v) is 9.15. The molecule has 0 saturated heterocycles. The molecule has 1 aromatic carbocycles. The third-order valence-corrected chi connectivity index (χ3v) is 3.97. The van der Waals surface area contributed by atoms with Crippen molar-refractivity contribution in [2.45, 2.75) is 26.2 Å². The van der Waals surface area contributed by atoms with Crippen molar-refractivity contribution in [2.75, 3.05) is 19.8 Å². The highest BCUT2D eigenvalue weighted by Gasteiger charge is 2.19. The summed E-state index contributed by atoms with van der Waals surface area (Å²) in [7, 11) is 0. The monoisotopic (exact) mass is 381 g/mol. The van der Waals surface area contributed by atoms with Crippen molar-refractivity contribution in [3.63, 3.8) is 0 Å². The van der Waals surface area contributed by atoms with Crippen LogP contribution >= 0.6 is 0 Å². The minimum atomic E-state index is -0.589. The Labute approximate surface area is 164 Å². The Morgan fingerprint density at radius 2 is 2.00 bits per heavy atom. The molecule has 0 aliphatic heterocycles. The number of aromatic nitrogens is 2. The summed E-state index contributed by atoms with van der Waals surface area (Å²) in [4.78, 5) is 18.1. The van der Waals surface area contributed by atoms with Crippen LogP contribution in [0.4, 0.5) is 4.39 Å². The largest absolute Gasteiger partial charge is 0.502 e. The molecule has 1 unspecified atom stereocenters. The summed E-state index contributed by atoms with van der Waals surface area (Å²) in [6.07, 6.45) is 1.79. The van der Waals surface area contributed by atoms with E-state index < -0.39 is 18.0 Å². The van der Waals surface area contributed by atoms with Crippen LogP contribution in [0, 0.1) is 29.6 Å². The fourth-order valence-corrected chi connectivity index (χ4v) is 2.61. The van der Waals surface area contributed by atoms with Crippen molar-refractivity contribution in [1.82, 2.24) is 15.3 Å². The van der Waals surface area contributed by atoms with Gasteiger partial charge in [-0.05, 0) is 36.0 Å². The van der Waals surface area contributed by atoms with Crippen LogP contribution in [0.15, 0.2) is 35.4 Å². The van der Waals surface area contributed by atoms with Crippen LogP contribution in [-0.2, 0) is 6.42 Å². The van der Waals surface area contributed by atoms with Gasteiger partial charge in [-0.25, -0.2) is 9.37 Å². The second-order valence-electron chi connectivity index (χ2n) is 6.63. The molecule has 0 bridgehead atoms. The zero-order chi connectivity index (χ0) is 20.4. The maximum Gasteiger partial charge on any atom is 0.293 e. The van der Waals surface area contributed by atoms with Crippen molar-refractivity contribution in [3.8, 4) is 29.4 Å². The summed E-state index contributed by atoms with van der Waals surface area (Å²) < 4.78 is 12.4. The van der Waals surface area contributed by atoms with Gasteiger partial charge in [0.25, 0.3) is 5.56 Å². The van der Waals surface area contributed by atoms with Crippen molar-refractivity contribution < 1.29 is 9.50 Å². The molecule has 0 aliphatic rings. The summed E-state index contributed by atoms with van der Waals surface area (Å²) in [5.74, 6) is 11.2. The van der Waals surface area contributed by atoms with Gasteiger partial charge in [0.2, 0.25) is 5.75 Å². The van der Waals surface area contributed by atoms with E-state index >= 15 is 0 Å².